The van der Waals surface area contributed by atoms with E-state index in [2.05, 4.69) is 5.10 Å². The van der Waals surface area contributed by atoms with Gasteiger partial charge in [-0.25, -0.2) is 4.68 Å². The van der Waals surface area contributed by atoms with E-state index in [-0.39, 0.29) is 11.6 Å². The van der Waals surface area contributed by atoms with Crippen LogP contribution in [0.3, 0.4) is 0 Å². The van der Waals surface area contributed by atoms with Gasteiger partial charge in [0.1, 0.15) is 0 Å². The summed E-state index contributed by atoms with van der Waals surface area (Å²) in [5.41, 5.74) is 9.31. The van der Waals surface area contributed by atoms with Gasteiger partial charge in [0.25, 0.3) is 5.56 Å². The molecule has 0 bridgehead atoms. The molecule has 1 aromatic carbocycles. The van der Waals surface area contributed by atoms with E-state index in [4.69, 9.17) is 10.5 Å². The Morgan fingerprint density at radius 2 is 2.05 bits per heavy atom. The van der Waals surface area contributed by atoms with Crippen LogP contribution in [-0.2, 0) is 6.54 Å². The lowest BCUT2D eigenvalue weighted by molar-refractivity contribution is 0.370. The summed E-state index contributed by atoms with van der Waals surface area (Å²) < 4.78 is 6.37. The van der Waals surface area contributed by atoms with Crippen molar-refractivity contribution in [1.82, 2.24) is 9.78 Å². The van der Waals surface area contributed by atoms with Crippen LogP contribution in [0.2, 0.25) is 0 Å². The lowest BCUT2D eigenvalue weighted by Gasteiger charge is -2.16. The molecular weight excluding hydrogens is 254 g/mol. The Labute approximate surface area is 118 Å². The summed E-state index contributed by atoms with van der Waals surface area (Å²) in [4.78, 5) is 11.8. The van der Waals surface area contributed by atoms with Crippen LogP contribution in [0.5, 0.6) is 5.88 Å². The smallest absolute Gasteiger partial charge is 0.267 e. The first-order valence-corrected chi connectivity index (χ1v) is 6.46. The molecule has 0 radical (unpaired) electrons. The van der Waals surface area contributed by atoms with E-state index in [0.717, 1.165) is 16.7 Å². The molecule has 1 atom stereocenters. The lowest BCUT2D eigenvalue weighted by atomic mass is 9.99. The second kappa shape index (κ2) is 5.88. The zero-order valence-corrected chi connectivity index (χ0v) is 12.0. The summed E-state index contributed by atoms with van der Waals surface area (Å²) in [6.45, 7) is 4.35. The Bertz CT molecular complexity index is 664. The molecule has 0 amide bonds. The van der Waals surface area contributed by atoms with E-state index in [1.54, 1.807) is 6.07 Å². The third-order valence-corrected chi connectivity index (χ3v) is 3.26. The minimum absolute atomic E-state index is 0.188. The molecule has 2 rings (SSSR count). The molecule has 5 nitrogen and oxygen atoms in total. The van der Waals surface area contributed by atoms with Gasteiger partial charge in [0.05, 0.1) is 13.7 Å². The van der Waals surface area contributed by atoms with Crippen molar-refractivity contribution in [1.29, 1.82) is 0 Å². The number of nitrogens with two attached hydrogens (primary N) is 1. The second-order valence-corrected chi connectivity index (χ2v) is 4.86. The normalized spacial score (nSPS) is 12.2. The van der Waals surface area contributed by atoms with E-state index in [1.807, 2.05) is 32.0 Å². The molecule has 0 spiro atoms. The summed E-state index contributed by atoms with van der Waals surface area (Å²) in [6, 6.07) is 8.82. The molecule has 2 N–H and O–H groups in total. The molecule has 0 aliphatic heterocycles. The number of methoxy groups -OCH3 is 1. The van der Waals surface area contributed by atoms with Gasteiger partial charge in [-0.2, -0.15) is 0 Å². The van der Waals surface area contributed by atoms with Gasteiger partial charge in [-0.05, 0) is 25.0 Å². The second-order valence-electron chi connectivity index (χ2n) is 4.86. The maximum Gasteiger partial charge on any atom is 0.267 e. The van der Waals surface area contributed by atoms with Crippen molar-refractivity contribution in [2.24, 2.45) is 5.73 Å². The van der Waals surface area contributed by atoms with E-state index in [9.17, 15) is 4.79 Å². The van der Waals surface area contributed by atoms with Crippen LogP contribution in [0, 0.1) is 13.8 Å². The van der Waals surface area contributed by atoms with Gasteiger partial charge >= 0.3 is 0 Å². The number of benzene rings is 1. The minimum Gasteiger partial charge on any atom is -0.480 e. The van der Waals surface area contributed by atoms with Crippen LogP contribution in [-0.4, -0.2) is 16.9 Å². The monoisotopic (exact) mass is 273 g/mol. The van der Waals surface area contributed by atoms with Crippen molar-refractivity contribution < 1.29 is 4.74 Å². The molecular formula is C15H19N3O2. The van der Waals surface area contributed by atoms with Crippen LogP contribution in [0.15, 0.2) is 35.1 Å². The summed E-state index contributed by atoms with van der Waals surface area (Å²) in [7, 11) is 1.52. The fraction of sp³-hybridized carbons (Fsp3) is 0.333. The molecule has 2 aromatic rings. The molecule has 0 aliphatic rings. The van der Waals surface area contributed by atoms with E-state index < -0.39 is 0 Å². The van der Waals surface area contributed by atoms with Gasteiger partial charge in [-0.1, -0.05) is 23.8 Å². The number of nitrogens with zero attached hydrogens (tertiary/aromatic N) is 2. The molecule has 0 saturated carbocycles. The first kappa shape index (κ1) is 14.3. The summed E-state index contributed by atoms with van der Waals surface area (Å²) in [5, 5.41) is 4.11. The number of aromatic nitrogens is 2. The van der Waals surface area contributed by atoms with Crippen molar-refractivity contribution in [3.63, 3.8) is 0 Å². The molecule has 1 heterocycles. The van der Waals surface area contributed by atoms with Crippen molar-refractivity contribution >= 4 is 0 Å². The lowest BCUT2D eigenvalue weighted by Crippen LogP contribution is -2.28. The van der Waals surface area contributed by atoms with Gasteiger partial charge in [0.15, 0.2) is 0 Å². The Hall–Kier alpha value is -2.14. The number of hydrogen-bond donors (Lipinski definition) is 1. The minimum atomic E-state index is -0.285. The van der Waals surface area contributed by atoms with E-state index in [1.165, 1.54) is 17.9 Å². The van der Waals surface area contributed by atoms with Gasteiger partial charge in [-0.15, -0.1) is 5.10 Å². The van der Waals surface area contributed by atoms with E-state index >= 15 is 0 Å². The molecule has 5 heteroatoms. The average Bonchev–Trinajstić information content (AvgIpc) is 2.43. The highest BCUT2D eigenvalue weighted by atomic mass is 16.5. The zero-order valence-electron chi connectivity index (χ0n) is 12.0. The number of hydrogen-bond acceptors (Lipinski definition) is 4. The van der Waals surface area contributed by atoms with Crippen LogP contribution < -0.4 is 16.0 Å². The molecule has 0 fully saturated rings. The van der Waals surface area contributed by atoms with Gasteiger partial charge in [0.2, 0.25) is 5.88 Å². The zero-order chi connectivity index (χ0) is 14.7. The fourth-order valence-corrected chi connectivity index (χ4v) is 2.11. The Balaban J connectivity index is 2.29. The Kier molecular flexibility index (Phi) is 4.20. The number of ether oxygens (including phenoxy) is 1. The van der Waals surface area contributed by atoms with Crippen LogP contribution in [0.1, 0.15) is 22.7 Å². The number of rotatable bonds is 4. The maximum absolute atomic E-state index is 11.8. The first-order valence-electron chi connectivity index (χ1n) is 6.46. The summed E-state index contributed by atoms with van der Waals surface area (Å²) in [5.74, 6) is 0.401. The first-order chi connectivity index (χ1) is 9.51. The standard InChI is InChI=1S/C15H19N3O2/c1-10-4-5-11(2)12(8-10)13(16)9-18-15(19)7-6-14(17-18)20-3/h4-8,13H,9,16H2,1-3H3. The fourth-order valence-electron chi connectivity index (χ4n) is 2.11. The van der Waals surface area contributed by atoms with E-state index in [0.29, 0.717) is 12.4 Å². The SMILES string of the molecule is COc1ccc(=O)n(CC(N)c2cc(C)ccc2C)n1. The Morgan fingerprint density at radius 3 is 2.75 bits per heavy atom. The maximum atomic E-state index is 11.8. The molecule has 20 heavy (non-hydrogen) atoms. The predicted octanol–water partition coefficient (Wildman–Crippen LogP) is 1.57. The summed E-state index contributed by atoms with van der Waals surface area (Å²) >= 11 is 0. The van der Waals surface area contributed by atoms with Gasteiger partial charge < -0.3 is 10.5 Å². The highest BCUT2D eigenvalue weighted by Crippen LogP contribution is 2.18. The third-order valence-electron chi connectivity index (χ3n) is 3.26. The highest BCUT2D eigenvalue weighted by Gasteiger charge is 2.12. The quantitative estimate of drug-likeness (QED) is 0.918. The van der Waals surface area contributed by atoms with Crippen molar-refractivity contribution in [2.45, 2.75) is 26.4 Å². The molecule has 0 aliphatic carbocycles. The summed E-state index contributed by atoms with van der Waals surface area (Å²) in [6.07, 6.45) is 0. The van der Waals surface area contributed by atoms with Crippen molar-refractivity contribution in [3.8, 4) is 5.88 Å². The topological polar surface area (TPSA) is 70.1 Å². The predicted molar refractivity (Wildman–Crippen MR) is 77.9 cm³/mol. The van der Waals surface area contributed by atoms with Crippen molar-refractivity contribution in [3.05, 3.63) is 57.4 Å². The van der Waals surface area contributed by atoms with Crippen LogP contribution in [0.25, 0.3) is 0 Å². The van der Waals surface area contributed by atoms with Gasteiger partial charge in [0, 0.05) is 18.2 Å². The highest BCUT2D eigenvalue weighted by molar-refractivity contribution is 5.32. The van der Waals surface area contributed by atoms with Crippen LogP contribution >= 0.6 is 0 Å². The number of aryl methyl sites for hydroxylation is 2. The molecule has 0 saturated heterocycles. The van der Waals surface area contributed by atoms with Gasteiger partial charge in [-0.3, -0.25) is 4.79 Å². The average molecular weight is 273 g/mol. The third kappa shape index (κ3) is 3.05. The van der Waals surface area contributed by atoms with Crippen molar-refractivity contribution in [2.75, 3.05) is 7.11 Å². The molecule has 1 aromatic heterocycles. The largest absolute Gasteiger partial charge is 0.480 e. The Morgan fingerprint density at radius 1 is 1.30 bits per heavy atom. The van der Waals surface area contributed by atoms with Crippen LogP contribution in [0.4, 0.5) is 0 Å². The molecule has 106 valence electrons. The molecule has 1 unspecified atom stereocenters.